The van der Waals surface area contributed by atoms with Gasteiger partial charge in [0.05, 0.1) is 18.4 Å². The fraction of sp³-hybridized carbons (Fsp3) is 0.133. The van der Waals surface area contributed by atoms with E-state index in [1.807, 2.05) is 0 Å². The number of methoxy groups -OCH3 is 1. The molecule has 0 saturated heterocycles. The topological polar surface area (TPSA) is 59.9 Å². The lowest BCUT2D eigenvalue weighted by atomic mass is 10.2. The number of nitrogens with zero attached hydrogens (tertiary/aromatic N) is 3. The molecule has 3 rings (SSSR count). The summed E-state index contributed by atoms with van der Waals surface area (Å²) < 4.78 is 43.0. The average molecular weight is 351 g/mol. The summed E-state index contributed by atoms with van der Waals surface area (Å²) in [5.41, 5.74) is 0.738. The van der Waals surface area contributed by atoms with Gasteiger partial charge in [0.25, 0.3) is 0 Å². The van der Waals surface area contributed by atoms with Crippen molar-refractivity contribution in [3.8, 4) is 17.3 Å². The second kappa shape index (κ2) is 6.44. The maximum atomic E-state index is 12.7. The molecule has 0 aliphatic heterocycles. The van der Waals surface area contributed by atoms with Gasteiger partial charge in [-0.15, -0.1) is 11.3 Å². The van der Waals surface area contributed by atoms with Crippen LogP contribution >= 0.6 is 11.3 Å². The Balaban J connectivity index is 1.79. The maximum absolute atomic E-state index is 12.7. The van der Waals surface area contributed by atoms with Crippen molar-refractivity contribution in [2.75, 3.05) is 12.4 Å². The van der Waals surface area contributed by atoms with Gasteiger partial charge in [-0.3, -0.25) is 0 Å². The first kappa shape index (κ1) is 16.2. The first-order valence-corrected chi connectivity index (χ1v) is 7.51. The molecule has 0 atom stereocenters. The van der Waals surface area contributed by atoms with Crippen LogP contribution in [0.25, 0.3) is 11.3 Å². The van der Waals surface area contributed by atoms with Gasteiger partial charge in [-0.2, -0.15) is 13.2 Å². The number of hydrogen-bond donors (Lipinski definition) is 1. The SMILES string of the molecule is COc1ncc(-c2csc(Nc3cc[c]c(C(F)(F)F)c3)n2)cn1. The molecule has 2 heterocycles. The monoisotopic (exact) mass is 351 g/mol. The number of ether oxygens (including phenoxy) is 1. The molecule has 1 N–H and O–H groups in total. The Hall–Kier alpha value is -2.68. The number of hydrogen-bond acceptors (Lipinski definition) is 6. The molecule has 5 nitrogen and oxygen atoms in total. The van der Waals surface area contributed by atoms with E-state index in [0.717, 1.165) is 6.07 Å². The van der Waals surface area contributed by atoms with E-state index >= 15 is 0 Å². The summed E-state index contributed by atoms with van der Waals surface area (Å²) in [6.07, 6.45) is -1.32. The number of anilines is 2. The molecule has 9 heteroatoms. The Bertz CT molecular complexity index is 833. The van der Waals surface area contributed by atoms with Crippen LogP contribution < -0.4 is 10.1 Å². The Labute approximate surface area is 139 Å². The summed E-state index contributed by atoms with van der Waals surface area (Å²) in [5.74, 6) is 0. The van der Waals surface area contributed by atoms with Crippen LogP contribution in [-0.2, 0) is 6.18 Å². The molecule has 0 fully saturated rings. The Morgan fingerprint density at radius 2 is 2.00 bits per heavy atom. The number of halogens is 3. The van der Waals surface area contributed by atoms with E-state index in [-0.39, 0.29) is 11.7 Å². The van der Waals surface area contributed by atoms with E-state index in [4.69, 9.17) is 4.74 Å². The van der Waals surface area contributed by atoms with Crippen molar-refractivity contribution in [2.45, 2.75) is 6.18 Å². The fourth-order valence-electron chi connectivity index (χ4n) is 1.85. The lowest BCUT2D eigenvalue weighted by molar-refractivity contribution is -0.137. The molecule has 0 amide bonds. The van der Waals surface area contributed by atoms with Crippen LogP contribution in [0.5, 0.6) is 6.01 Å². The minimum atomic E-state index is -4.44. The third-order valence-electron chi connectivity index (χ3n) is 2.97. The van der Waals surface area contributed by atoms with Crippen LogP contribution in [0.3, 0.4) is 0 Å². The van der Waals surface area contributed by atoms with Crippen LogP contribution in [0.2, 0.25) is 0 Å². The van der Waals surface area contributed by atoms with Gasteiger partial charge in [-0.25, -0.2) is 15.0 Å². The third-order valence-corrected chi connectivity index (χ3v) is 3.73. The number of aromatic nitrogens is 3. The van der Waals surface area contributed by atoms with Crippen LogP contribution in [0.4, 0.5) is 24.0 Å². The van der Waals surface area contributed by atoms with E-state index < -0.39 is 11.7 Å². The van der Waals surface area contributed by atoms with Crippen LogP contribution in [-0.4, -0.2) is 22.1 Å². The smallest absolute Gasteiger partial charge is 0.417 e. The van der Waals surface area contributed by atoms with Crippen LogP contribution in [0.15, 0.2) is 36.0 Å². The zero-order chi connectivity index (χ0) is 17.2. The van der Waals surface area contributed by atoms with Gasteiger partial charge in [0.1, 0.15) is 0 Å². The summed E-state index contributed by atoms with van der Waals surface area (Å²) in [5, 5.41) is 5.07. The highest BCUT2D eigenvalue weighted by Gasteiger charge is 2.30. The molecule has 0 saturated carbocycles. The average Bonchev–Trinajstić information content (AvgIpc) is 3.03. The minimum Gasteiger partial charge on any atom is -0.467 e. The molecule has 0 spiro atoms. The Kier molecular flexibility index (Phi) is 4.34. The molecule has 1 aromatic carbocycles. The zero-order valence-electron chi connectivity index (χ0n) is 12.3. The van der Waals surface area contributed by atoms with Crippen molar-refractivity contribution in [1.82, 2.24) is 15.0 Å². The van der Waals surface area contributed by atoms with Crippen molar-refractivity contribution in [2.24, 2.45) is 0 Å². The molecule has 0 bridgehead atoms. The predicted molar refractivity (Wildman–Crippen MR) is 83.3 cm³/mol. The normalized spacial score (nSPS) is 11.3. The van der Waals surface area contributed by atoms with E-state index in [0.29, 0.717) is 16.4 Å². The first-order chi connectivity index (χ1) is 11.5. The van der Waals surface area contributed by atoms with Crippen molar-refractivity contribution in [1.29, 1.82) is 0 Å². The van der Waals surface area contributed by atoms with Gasteiger partial charge in [-0.1, -0.05) is 6.07 Å². The molecule has 24 heavy (non-hydrogen) atoms. The highest BCUT2D eigenvalue weighted by Crippen LogP contribution is 2.32. The molecular formula is C15H10F3N4OS. The van der Waals surface area contributed by atoms with Crippen molar-refractivity contribution in [3.63, 3.8) is 0 Å². The summed E-state index contributed by atoms with van der Waals surface area (Å²) in [7, 11) is 1.46. The summed E-state index contributed by atoms with van der Waals surface area (Å²) >= 11 is 1.26. The molecular weight excluding hydrogens is 341 g/mol. The molecule has 0 aliphatic carbocycles. The molecule has 123 valence electrons. The number of rotatable bonds is 4. The summed E-state index contributed by atoms with van der Waals surface area (Å²) in [6, 6.07) is 6.10. The number of benzene rings is 1. The summed E-state index contributed by atoms with van der Waals surface area (Å²) in [4.78, 5) is 12.3. The Morgan fingerprint density at radius 3 is 2.67 bits per heavy atom. The fourth-order valence-corrected chi connectivity index (χ4v) is 2.59. The zero-order valence-corrected chi connectivity index (χ0v) is 13.1. The molecule has 1 radical (unpaired) electrons. The predicted octanol–water partition coefficient (Wildman–Crippen LogP) is 4.17. The van der Waals surface area contributed by atoms with E-state index in [1.54, 1.807) is 17.8 Å². The molecule has 3 aromatic rings. The third kappa shape index (κ3) is 3.62. The lowest BCUT2D eigenvalue weighted by Gasteiger charge is -2.08. The van der Waals surface area contributed by atoms with Crippen molar-refractivity contribution in [3.05, 3.63) is 47.6 Å². The highest BCUT2D eigenvalue weighted by atomic mass is 32.1. The van der Waals surface area contributed by atoms with Gasteiger partial charge in [0.15, 0.2) is 5.13 Å². The lowest BCUT2D eigenvalue weighted by Crippen LogP contribution is -2.05. The van der Waals surface area contributed by atoms with Gasteiger partial charge in [0.2, 0.25) is 0 Å². The van der Waals surface area contributed by atoms with E-state index in [1.165, 1.54) is 30.6 Å². The van der Waals surface area contributed by atoms with Crippen LogP contribution in [0, 0.1) is 6.07 Å². The van der Waals surface area contributed by atoms with Crippen molar-refractivity contribution < 1.29 is 17.9 Å². The first-order valence-electron chi connectivity index (χ1n) is 6.63. The minimum absolute atomic E-state index is 0.243. The molecule has 2 aromatic heterocycles. The van der Waals surface area contributed by atoms with Gasteiger partial charge in [-0.05, 0) is 18.2 Å². The van der Waals surface area contributed by atoms with E-state index in [2.05, 4.69) is 26.3 Å². The Morgan fingerprint density at radius 1 is 1.25 bits per heavy atom. The second-order valence-corrected chi connectivity index (χ2v) is 5.47. The molecule has 0 aliphatic rings. The van der Waals surface area contributed by atoms with Gasteiger partial charge in [0, 0.05) is 29.0 Å². The van der Waals surface area contributed by atoms with E-state index in [9.17, 15) is 13.2 Å². The highest BCUT2D eigenvalue weighted by molar-refractivity contribution is 7.14. The van der Waals surface area contributed by atoms with Crippen LogP contribution in [0.1, 0.15) is 5.56 Å². The maximum Gasteiger partial charge on any atom is 0.417 e. The summed E-state index contributed by atoms with van der Waals surface area (Å²) in [6.45, 7) is 0. The second-order valence-electron chi connectivity index (χ2n) is 4.61. The van der Waals surface area contributed by atoms with Gasteiger partial charge >= 0.3 is 12.2 Å². The number of alkyl halides is 3. The quantitative estimate of drug-likeness (QED) is 0.764. The van der Waals surface area contributed by atoms with Gasteiger partial charge < -0.3 is 10.1 Å². The number of thiazole rings is 1. The van der Waals surface area contributed by atoms with Crippen molar-refractivity contribution >= 4 is 22.2 Å². The standard InChI is InChI=1S/C15H10F3N4OS/c1-23-13-19-6-9(7-20-13)12-8-24-14(22-12)21-11-4-2-3-10(5-11)15(16,17)18/h2,4-8H,1H3,(H,21,22). The molecule has 0 unspecified atom stereocenters. The number of nitrogens with one attached hydrogen (secondary N) is 1. The largest absolute Gasteiger partial charge is 0.467 e.